The van der Waals surface area contributed by atoms with E-state index in [-0.39, 0.29) is 11.1 Å². The number of hydrogen-bond donors (Lipinski definition) is 1. The van der Waals surface area contributed by atoms with Crippen LogP contribution < -0.4 is 10.1 Å². The summed E-state index contributed by atoms with van der Waals surface area (Å²) in [6.07, 6.45) is 1.63. The van der Waals surface area contributed by atoms with Gasteiger partial charge in [0.05, 0.1) is 24.4 Å². The summed E-state index contributed by atoms with van der Waals surface area (Å²) in [5, 5.41) is 7.59. The maximum absolute atomic E-state index is 13.7. The molecule has 1 unspecified atom stereocenters. The second kappa shape index (κ2) is 6.24. The van der Waals surface area contributed by atoms with Gasteiger partial charge in [0.15, 0.2) is 5.75 Å². The molecule has 1 aromatic carbocycles. The number of aryl methyl sites for hydroxylation is 1. The van der Waals surface area contributed by atoms with Gasteiger partial charge in [-0.1, -0.05) is 30.7 Å². The zero-order chi connectivity index (χ0) is 14.7. The van der Waals surface area contributed by atoms with Crippen LogP contribution in [0, 0.1) is 5.82 Å². The first-order chi connectivity index (χ1) is 9.60. The molecule has 4 nitrogen and oxygen atoms in total. The fourth-order valence-electron chi connectivity index (χ4n) is 2.21. The Bertz CT molecular complexity index is 600. The number of hydrogen-bond acceptors (Lipinski definition) is 3. The SMILES string of the molecule is CCNC(c1cccc(F)c1Cl)c1c(OC)cnn1C. The molecule has 6 heteroatoms. The van der Waals surface area contributed by atoms with Crippen LogP contribution in [0.1, 0.15) is 24.2 Å². The first-order valence-corrected chi connectivity index (χ1v) is 6.71. The van der Waals surface area contributed by atoms with Gasteiger partial charge in [0, 0.05) is 7.05 Å². The van der Waals surface area contributed by atoms with Crippen molar-refractivity contribution in [2.75, 3.05) is 13.7 Å². The molecule has 0 saturated heterocycles. The molecule has 0 aliphatic rings. The van der Waals surface area contributed by atoms with Crippen molar-refractivity contribution >= 4 is 11.6 Å². The van der Waals surface area contributed by atoms with Crippen LogP contribution in [0.5, 0.6) is 5.75 Å². The third-order valence-electron chi connectivity index (χ3n) is 3.14. The Labute approximate surface area is 122 Å². The van der Waals surface area contributed by atoms with Gasteiger partial charge in [0.1, 0.15) is 11.5 Å². The maximum atomic E-state index is 13.7. The first kappa shape index (κ1) is 14.8. The highest BCUT2D eigenvalue weighted by atomic mass is 35.5. The lowest BCUT2D eigenvalue weighted by molar-refractivity contribution is 0.401. The van der Waals surface area contributed by atoms with E-state index in [0.717, 1.165) is 5.69 Å². The number of benzene rings is 1. The van der Waals surface area contributed by atoms with Crippen LogP contribution in [0.3, 0.4) is 0 Å². The van der Waals surface area contributed by atoms with Crippen molar-refractivity contribution in [2.45, 2.75) is 13.0 Å². The molecule has 0 saturated carbocycles. The van der Waals surface area contributed by atoms with E-state index in [1.807, 2.05) is 14.0 Å². The zero-order valence-electron chi connectivity index (χ0n) is 11.7. The zero-order valence-corrected chi connectivity index (χ0v) is 12.4. The maximum Gasteiger partial charge on any atom is 0.161 e. The van der Waals surface area contributed by atoms with Crippen molar-refractivity contribution in [3.05, 3.63) is 46.5 Å². The summed E-state index contributed by atoms with van der Waals surface area (Å²) in [5.41, 5.74) is 1.47. The summed E-state index contributed by atoms with van der Waals surface area (Å²) >= 11 is 6.10. The van der Waals surface area contributed by atoms with E-state index >= 15 is 0 Å². The minimum atomic E-state index is -0.437. The monoisotopic (exact) mass is 297 g/mol. The Balaban J connectivity index is 2.56. The molecular formula is C14H17ClFN3O. The van der Waals surface area contributed by atoms with Crippen molar-refractivity contribution in [1.82, 2.24) is 15.1 Å². The molecule has 1 atom stereocenters. The smallest absolute Gasteiger partial charge is 0.161 e. The van der Waals surface area contributed by atoms with E-state index in [2.05, 4.69) is 10.4 Å². The third-order valence-corrected chi connectivity index (χ3v) is 3.54. The van der Waals surface area contributed by atoms with Crippen LogP contribution in [0.2, 0.25) is 5.02 Å². The molecule has 0 aliphatic heterocycles. The Morgan fingerprint density at radius 2 is 2.25 bits per heavy atom. The van der Waals surface area contributed by atoms with Gasteiger partial charge in [-0.3, -0.25) is 4.68 Å². The molecule has 108 valence electrons. The summed E-state index contributed by atoms with van der Waals surface area (Å²) in [6.45, 7) is 2.68. The minimum absolute atomic E-state index is 0.113. The minimum Gasteiger partial charge on any atom is -0.493 e. The Morgan fingerprint density at radius 3 is 2.90 bits per heavy atom. The molecule has 2 aromatic rings. The van der Waals surface area contributed by atoms with Crippen molar-refractivity contribution < 1.29 is 9.13 Å². The fraction of sp³-hybridized carbons (Fsp3) is 0.357. The van der Waals surface area contributed by atoms with Gasteiger partial charge >= 0.3 is 0 Å². The van der Waals surface area contributed by atoms with E-state index in [1.54, 1.807) is 30.1 Å². The van der Waals surface area contributed by atoms with Gasteiger partial charge in [-0.05, 0) is 18.2 Å². The van der Waals surface area contributed by atoms with Gasteiger partial charge in [-0.2, -0.15) is 5.10 Å². The quantitative estimate of drug-likeness (QED) is 0.922. The van der Waals surface area contributed by atoms with Crippen LogP contribution in [-0.2, 0) is 7.05 Å². The molecule has 0 fully saturated rings. The van der Waals surface area contributed by atoms with E-state index in [4.69, 9.17) is 16.3 Å². The Morgan fingerprint density at radius 1 is 1.50 bits per heavy atom. The molecule has 0 radical (unpaired) electrons. The van der Waals surface area contributed by atoms with Crippen LogP contribution in [0.25, 0.3) is 0 Å². The predicted octanol–water partition coefficient (Wildman–Crippen LogP) is 2.92. The summed E-state index contributed by atoms with van der Waals surface area (Å²) in [6, 6.07) is 4.50. The summed E-state index contributed by atoms with van der Waals surface area (Å²) in [5.74, 6) is 0.201. The highest BCUT2D eigenvalue weighted by Gasteiger charge is 2.24. The number of ether oxygens (including phenoxy) is 1. The van der Waals surface area contributed by atoms with Crippen LogP contribution in [0.15, 0.2) is 24.4 Å². The predicted molar refractivity (Wildman–Crippen MR) is 76.7 cm³/mol. The van der Waals surface area contributed by atoms with Crippen molar-refractivity contribution in [1.29, 1.82) is 0 Å². The summed E-state index contributed by atoms with van der Waals surface area (Å²) in [4.78, 5) is 0. The standard InChI is InChI=1S/C14H17ClFN3O/c1-4-17-13(9-6-5-7-10(16)12(9)15)14-11(20-3)8-18-19(14)2/h5-8,13,17H,4H2,1-3H3. The van der Waals surface area contributed by atoms with Crippen molar-refractivity contribution in [2.24, 2.45) is 7.05 Å². The third kappa shape index (κ3) is 2.64. The molecule has 2 rings (SSSR count). The normalized spacial score (nSPS) is 12.4. The van der Waals surface area contributed by atoms with Crippen molar-refractivity contribution in [3.63, 3.8) is 0 Å². The molecule has 0 amide bonds. The van der Waals surface area contributed by atoms with E-state index in [9.17, 15) is 4.39 Å². The number of aromatic nitrogens is 2. The number of methoxy groups -OCH3 is 1. The van der Waals surface area contributed by atoms with Gasteiger partial charge in [-0.15, -0.1) is 0 Å². The van der Waals surface area contributed by atoms with Crippen LogP contribution in [-0.4, -0.2) is 23.4 Å². The van der Waals surface area contributed by atoms with E-state index in [0.29, 0.717) is 17.9 Å². The molecule has 20 heavy (non-hydrogen) atoms. The number of rotatable bonds is 5. The fourth-order valence-corrected chi connectivity index (χ4v) is 2.45. The van der Waals surface area contributed by atoms with Gasteiger partial charge in [-0.25, -0.2) is 4.39 Å². The van der Waals surface area contributed by atoms with E-state index < -0.39 is 5.82 Å². The lowest BCUT2D eigenvalue weighted by atomic mass is 10.0. The average molecular weight is 298 g/mol. The topological polar surface area (TPSA) is 39.1 Å². The van der Waals surface area contributed by atoms with E-state index in [1.165, 1.54) is 6.07 Å². The van der Waals surface area contributed by atoms with Crippen molar-refractivity contribution in [3.8, 4) is 5.75 Å². The number of nitrogens with one attached hydrogen (secondary N) is 1. The van der Waals surface area contributed by atoms with Crippen LogP contribution >= 0.6 is 11.6 Å². The second-order valence-corrected chi connectivity index (χ2v) is 4.73. The lowest BCUT2D eigenvalue weighted by Gasteiger charge is -2.21. The number of nitrogens with zero attached hydrogens (tertiary/aromatic N) is 2. The van der Waals surface area contributed by atoms with Gasteiger partial charge in [0.2, 0.25) is 0 Å². The first-order valence-electron chi connectivity index (χ1n) is 6.33. The summed E-state index contributed by atoms with van der Waals surface area (Å²) < 4.78 is 20.7. The molecule has 0 bridgehead atoms. The highest BCUT2D eigenvalue weighted by molar-refractivity contribution is 6.31. The Hall–Kier alpha value is -1.59. The molecular weight excluding hydrogens is 281 g/mol. The van der Waals surface area contributed by atoms with Gasteiger partial charge in [0.25, 0.3) is 0 Å². The Kier molecular flexibility index (Phi) is 4.62. The lowest BCUT2D eigenvalue weighted by Crippen LogP contribution is -2.25. The second-order valence-electron chi connectivity index (χ2n) is 4.36. The van der Waals surface area contributed by atoms with Gasteiger partial charge < -0.3 is 10.1 Å². The molecule has 1 N–H and O–H groups in total. The molecule has 0 spiro atoms. The highest BCUT2D eigenvalue weighted by Crippen LogP contribution is 2.34. The molecule has 1 heterocycles. The average Bonchev–Trinajstić information content (AvgIpc) is 2.81. The number of halogens is 2. The largest absolute Gasteiger partial charge is 0.493 e. The van der Waals surface area contributed by atoms with Crippen LogP contribution in [0.4, 0.5) is 4.39 Å². The molecule has 0 aliphatic carbocycles. The molecule has 1 aromatic heterocycles. The summed E-state index contributed by atoms with van der Waals surface area (Å²) in [7, 11) is 3.39.